The quantitative estimate of drug-likeness (QED) is 0.362. The Balaban J connectivity index is 0.000000154. The minimum atomic E-state index is 0.369. The molecule has 264 valence electrons. The Morgan fingerprint density at radius 3 is 1.36 bits per heavy atom. The molecule has 0 aliphatic carbocycles. The summed E-state index contributed by atoms with van der Waals surface area (Å²) >= 11 is 0. The SMILES string of the molecule is CC(C)(C)N1CCC(C2CCCN2)CC1.CC(C)(C)N1CCC(C2CCNCC2)CC1.CC(C)(C)N1CCC(N2CCCC2)C1. The minimum absolute atomic E-state index is 0.369. The van der Waals surface area contributed by atoms with Gasteiger partial charge in [-0.1, -0.05) is 0 Å². The number of nitrogens with one attached hydrogen (secondary N) is 2. The molecule has 0 bridgehead atoms. The van der Waals surface area contributed by atoms with Gasteiger partial charge in [0.1, 0.15) is 0 Å². The molecule has 6 saturated heterocycles. The van der Waals surface area contributed by atoms with Crippen molar-refractivity contribution >= 4 is 0 Å². The van der Waals surface area contributed by atoms with Gasteiger partial charge in [0.05, 0.1) is 0 Å². The van der Waals surface area contributed by atoms with Gasteiger partial charge in [0.15, 0.2) is 0 Å². The highest BCUT2D eigenvalue weighted by atomic mass is 15.3. The third-order valence-corrected chi connectivity index (χ3v) is 12.5. The zero-order valence-corrected chi connectivity index (χ0v) is 31.7. The largest absolute Gasteiger partial charge is 0.317 e. The van der Waals surface area contributed by atoms with Crippen LogP contribution in [0.3, 0.4) is 0 Å². The summed E-state index contributed by atoms with van der Waals surface area (Å²) in [6.45, 7) is 35.3. The number of nitrogens with zero attached hydrogens (tertiary/aromatic N) is 4. The van der Waals surface area contributed by atoms with Crippen molar-refractivity contribution in [1.29, 1.82) is 0 Å². The Hall–Kier alpha value is -0.240. The van der Waals surface area contributed by atoms with E-state index in [0.29, 0.717) is 16.6 Å². The second-order valence-corrected chi connectivity index (χ2v) is 18.6. The van der Waals surface area contributed by atoms with E-state index in [4.69, 9.17) is 0 Å². The first-order valence-corrected chi connectivity index (χ1v) is 19.6. The molecule has 0 saturated carbocycles. The summed E-state index contributed by atoms with van der Waals surface area (Å²) in [5, 5.41) is 7.14. The lowest BCUT2D eigenvalue weighted by molar-refractivity contribution is 0.0642. The number of rotatable bonds is 3. The maximum atomic E-state index is 3.66. The van der Waals surface area contributed by atoms with Crippen LogP contribution in [0, 0.1) is 17.8 Å². The van der Waals surface area contributed by atoms with Gasteiger partial charge < -0.3 is 10.6 Å². The van der Waals surface area contributed by atoms with Gasteiger partial charge in [-0.2, -0.15) is 0 Å². The van der Waals surface area contributed by atoms with E-state index in [2.05, 4.69) is 92.5 Å². The van der Waals surface area contributed by atoms with Crippen molar-refractivity contribution in [3.63, 3.8) is 0 Å². The average Bonchev–Trinajstić information content (AvgIpc) is 3.80. The molecule has 45 heavy (non-hydrogen) atoms. The minimum Gasteiger partial charge on any atom is -0.317 e. The zero-order chi connectivity index (χ0) is 32.7. The lowest BCUT2D eigenvalue weighted by Gasteiger charge is -2.43. The molecule has 6 aliphatic rings. The standard InChI is InChI=1S/C14H28N2.C13H26N2.C12H24N2/c1-14(2,3)16-10-6-13(7-11-16)12-4-8-15-9-5-12;1-13(2,3)15-9-6-11(7-10-15)12-5-4-8-14-12;1-12(2,3)14-9-6-11(10-14)13-7-4-5-8-13/h12-13,15H,4-11H2,1-3H3;11-12,14H,4-10H2,1-3H3;11H,4-10H2,1-3H3. The number of hydrogen-bond acceptors (Lipinski definition) is 6. The van der Waals surface area contributed by atoms with E-state index in [-0.39, 0.29) is 0 Å². The van der Waals surface area contributed by atoms with E-state index in [1.54, 1.807) is 0 Å². The Morgan fingerprint density at radius 2 is 0.911 bits per heavy atom. The van der Waals surface area contributed by atoms with E-state index in [1.165, 1.54) is 143 Å². The van der Waals surface area contributed by atoms with E-state index < -0.39 is 0 Å². The van der Waals surface area contributed by atoms with E-state index in [1.807, 2.05) is 0 Å². The van der Waals surface area contributed by atoms with Gasteiger partial charge in [0, 0.05) is 41.8 Å². The molecule has 0 spiro atoms. The molecule has 0 aromatic rings. The summed E-state index contributed by atoms with van der Waals surface area (Å²) in [7, 11) is 0. The smallest absolute Gasteiger partial charge is 0.0235 e. The van der Waals surface area contributed by atoms with Crippen molar-refractivity contribution < 1.29 is 0 Å². The van der Waals surface area contributed by atoms with Crippen molar-refractivity contribution in [3.8, 4) is 0 Å². The first kappa shape index (κ1) is 37.6. The van der Waals surface area contributed by atoms with Gasteiger partial charge in [-0.3, -0.25) is 19.6 Å². The zero-order valence-electron chi connectivity index (χ0n) is 31.7. The van der Waals surface area contributed by atoms with Gasteiger partial charge in [-0.15, -0.1) is 0 Å². The summed E-state index contributed by atoms with van der Waals surface area (Å²) in [4.78, 5) is 10.6. The topological polar surface area (TPSA) is 37.0 Å². The van der Waals surface area contributed by atoms with Gasteiger partial charge in [0.2, 0.25) is 0 Å². The average molecular weight is 631 g/mol. The van der Waals surface area contributed by atoms with E-state index in [0.717, 1.165) is 29.8 Å². The third kappa shape index (κ3) is 11.7. The molecule has 2 atom stereocenters. The van der Waals surface area contributed by atoms with Crippen molar-refractivity contribution in [3.05, 3.63) is 0 Å². The van der Waals surface area contributed by atoms with Crippen LogP contribution >= 0.6 is 0 Å². The predicted molar refractivity (Wildman–Crippen MR) is 195 cm³/mol. The summed E-state index contributed by atoms with van der Waals surface area (Å²) in [5.74, 6) is 2.98. The highest BCUT2D eigenvalue weighted by Crippen LogP contribution is 2.33. The molecule has 0 aromatic heterocycles. The molecule has 0 amide bonds. The fraction of sp³-hybridized carbons (Fsp3) is 1.00. The lowest BCUT2D eigenvalue weighted by atomic mass is 9.78. The molecule has 6 aliphatic heterocycles. The molecule has 2 unspecified atom stereocenters. The fourth-order valence-corrected chi connectivity index (χ4v) is 9.20. The highest BCUT2D eigenvalue weighted by Gasteiger charge is 2.35. The second-order valence-electron chi connectivity index (χ2n) is 18.6. The van der Waals surface area contributed by atoms with Crippen molar-refractivity contribution in [2.45, 2.75) is 162 Å². The summed E-state index contributed by atoms with van der Waals surface area (Å²) < 4.78 is 0. The second kappa shape index (κ2) is 16.9. The maximum Gasteiger partial charge on any atom is 0.0235 e. The fourth-order valence-electron chi connectivity index (χ4n) is 9.20. The van der Waals surface area contributed by atoms with Crippen LogP contribution in [0.25, 0.3) is 0 Å². The predicted octanol–water partition coefficient (Wildman–Crippen LogP) is 6.70. The van der Waals surface area contributed by atoms with Crippen LogP contribution in [0.15, 0.2) is 0 Å². The molecule has 6 rings (SSSR count). The third-order valence-electron chi connectivity index (χ3n) is 12.5. The van der Waals surface area contributed by atoms with Crippen LogP contribution in [0.5, 0.6) is 0 Å². The van der Waals surface area contributed by atoms with Crippen LogP contribution in [0.4, 0.5) is 0 Å². The number of piperidine rings is 3. The first-order valence-electron chi connectivity index (χ1n) is 19.6. The van der Waals surface area contributed by atoms with Crippen LogP contribution in [0.1, 0.15) is 133 Å². The van der Waals surface area contributed by atoms with Crippen LogP contribution in [-0.2, 0) is 0 Å². The molecule has 2 N–H and O–H groups in total. The van der Waals surface area contributed by atoms with Crippen LogP contribution in [-0.4, -0.2) is 120 Å². The van der Waals surface area contributed by atoms with Crippen molar-refractivity contribution in [2.24, 2.45) is 17.8 Å². The van der Waals surface area contributed by atoms with Crippen LogP contribution < -0.4 is 10.6 Å². The van der Waals surface area contributed by atoms with Gasteiger partial charge in [-0.05, 0) is 210 Å². The molecule has 6 nitrogen and oxygen atoms in total. The van der Waals surface area contributed by atoms with Gasteiger partial charge >= 0.3 is 0 Å². The summed E-state index contributed by atoms with van der Waals surface area (Å²) in [6.07, 6.45) is 15.5. The number of likely N-dealkylation sites (tertiary alicyclic amines) is 4. The molecule has 0 radical (unpaired) electrons. The van der Waals surface area contributed by atoms with E-state index >= 15 is 0 Å². The van der Waals surface area contributed by atoms with Crippen molar-refractivity contribution in [2.75, 3.05) is 72.0 Å². The molecule has 0 aromatic carbocycles. The molecular formula is C39H78N6. The number of hydrogen-bond donors (Lipinski definition) is 2. The monoisotopic (exact) mass is 631 g/mol. The summed E-state index contributed by atoms with van der Waals surface area (Å²) in [6, 6.07) is 1.70. The Kier molecular flexibility index (Phi) is 14.1. The van der Waals surface area contributed by atoms with Gasteiger partial charge in [0.25, 0.3) is 0 Å². The van der Waals surface area contributed by atoms with Crippen LogP contribution in [0.2, 0.25) is 0 Å². The molecule has 6 heteroatoms. The Labute approximate surface area is 281 Å². The Bertz CT molecular complexity index is 806. The van der Waals surface area contributed by atoms with E-state index in [9.17, 15) is 0 Å². The molecule has 6 fully saturated rings. The van der Waals surface area contributed by atoms with Gasteiger partial charge in [-0.25, -0.2) is 0 Å². The molecule has 6 heterocycles. The lowest BCUT2D eigenvalue weighted by Crippen LogP contribution is -2.48. The molecular weight excluding hydrogens is 552 g/mol. The maximum absolute atomic E-state index is 3.66. The first-order chi connectivity index (χ1) is 21.2. The highest BCUT2D eigenvalue weighted by molar-refractivity contribution is 4.91. The normalized spacial score (nSPS) is 29.8. The van der Waals surface area contributed by atoms with Crippen molar-refractivity contribution in [1.82, 2.24) is 30.2 Å². The summed E-state index contributed by atoms with van der Waals surface area (Å²) in [5.41, 5.74) is 1.11. The Morgan fingerprint density at radius 1 is 0.444 bits per heavy atom.